The fourth-order valence-electron chi connectivity index (χ4n) is 3.24. The standard InChI is InChI=1S/C19H18F3NO5/c1-10-13(18(25)26)7-11(27-10)9-23(2)17(24)15-8-14(15)12-5-3-4-6-16(12)28-19(20,21)22/h3-7,14-15H,8-9H2,1-2H3,(H,25,26)/t14-,15-/m0/s1. The Morgan fingerprint density at radius 2 is 2.00 bits per heavy atom. The number of halogens is 3. The minimum Gasteiger partial charge on any atom is -0.478 e. The van der Waals surface area contributed by atoms with Crippen molar-refractivity contribution in [3.05, 3.63) is 53.0 Å². The molecule has 9 heteroatoms. The zero-order chi connectivity index (χ0) is 20.6. The first kappa shape index (κ1) is 19.8. The molecule has 150 valence electrons. The van der Waals surface area contributed by atoms with E-state index in [-0.39, 0.29) is 35.4 Å². The molecule has 1 amide bonds. The van der Waals surface area contributed by atoms with E-state index in [9.17, 15) is 22.8 Å². The van der Waals surface area contributed by atoms with Gasteiger partial charge in [0.05, 0.1) is 6.54 Å². The Labute approximate surface area is 158 Å². The zero-order valence-electron chi connectivity index (χ0n) is 15.1. The monoisotopic (exact) mass is 397 g/mol. The number of alkyl halides is 3. The van der Waals surface area contributed by atoms with E-state index in [0.717, 1.165) is 0 Å². The molecule has 0 saturated heterocycles. The lowest BCUT2D eigenvalue weighted by Gasteiger charge is -2.16. The molecule has 0 aliphatic heterocycles. The normalized spacial score (nSPS) is 18.6. The van der Waals surface area contributed by atoms with Crippen LogP contribution in [0, 0.1) is 12.8 Å². The molecule has 1 heterocycles. The van der Waals surface area contributed by atoms with Crippen molar-refractivity contribution in [2.45, 2.75) is 32.2 Å². The first-order valence-electron chi connectivity index (χ1n) is 8.49. The smallest absolute Gasteiger partial charge is 0.478 e. The first-order valence-corrected chi connectivity index (χ1v) is 8.49. The van der Waals surface area contributed by atoms with Crippen molar-refractivity contribution in [1.82, 2.24) is 4.90 Å². The molecule has 1 N–H and O–H groups in total. The summed E-state index contributed by atoms with van der Waals surface area (Å²) < 4.78 is 47.1. The molecular formula is C19H18F3NO5. The summed E-state index contributed by atoms with van der Waals surface area (Å²) in [6.45, 7) is 1.58. The minimum absolute atomic E-state index is 0.0263. The summed E-state index contributed by atoms with van der Waals surface area (Å²) in [6, 6.07) is 7.15. The number of benzene rings is 1. The molecule has 28 heavy (non-hydrogen) atoms. The number of para-hydroxylation sites is 1. The lowest BCUT2D eigenvalue weighted by atomic mass is 10.1. The maximum absolute atomic E-state index is 12.6. The van der Waals surface area contributed by atoms with Crippen molar-refractivity contribution >= 4 is 11.9 Å². The van der Waals surface area contributed by atoms with Gasteiger partial charge in [0.2, 0.25) is 5.91 Å². The van der Waals surface area contributed by atoms with Gasteiger partial charge >= 0.3 is 12.3 Å². The van der Waals surface area contributed by atoms with Gasteiger partial charge in [0.25, 0.3) is 0 Å². The number of furan rings is 1. The maximum atomic E-state index is 12.6. The highest BCUT2D eigenvalue weighted by Gasteiger charge is 2.47. The molecule has 1 aliphatic carbocycles. The fraction of sp³-hybridized carbons (Fsp3) is 0.368. The van der Waals surface area contributed by atoms with Crippen LogP contribution < -0.4 is 4.74 Å². The average Bonchev–Trinajstić information content (AvgIpc) is 3.29. The van der Waals surface area contributed by atoms with Gasteiger partial charge in [-0.3, -0.25) is 4.79 Å². The lowest BCUT2D eigenvalue weighted by Crippen LogP contribution is -2.28. The van der Waals surface area contributed by atoms with Crippen LogP contribution in [0.3, 0.4) is 0 Å². The van der Waals surface area contributed by atoms with E-state index in [4.69, 9.17) is 9.52 Å². The number of rotatable bonds is 6. The Kier molecular flexibility index (Phi) is 5.10. The molecule has 1 aliphatic rings. The number of nitrogens with zero attached hydrogens (tertiary/aromatic N) is 1. The van der Waals surface area contributed by atoms with Crippen LogP contribution in [0.1, 0.15) is 39.8 Å². The van der Waals surface area contributed by atoms with Crippen LogP contribution in [0.4, 0.5) is 13.2 Å². The van der Waals surface area contributed by atoms with Crippen LogP contribution in [0.5, 0.6) is 5.75 Å². The summed E-state index contributed by atoms with van der Waals surface area (Å²) in [5.74, 6) is -1.93. The number of amides is 1. The number of hydrogen-bond acceptors (Lipinski definition) is 4. The number of aryl methyl sites for hydroxylation is 1. The highest BCUT2D eigenvalue weighted by molar-refractivity contribution is 5.89. The van der Waals surface area contributed by atoms with Gasteiger partial charge in [-0.25, -0.2) is 4.79 Å². The molecule has 0 unspecified atom stereocenters. The van der Waals surface area contributed by atoms with E-state index >= 15 is 0 Å². The topological polar surface area (TPSA) is 80.0 Å². The van der Waals surface area contributed by atoms with Gasteiger partial charge in [-0.1, -0.05) is 18.2 Å². The third kappa shape index (κ3) is 4.29. The van der Waals surface area contributed by atoms with E-state index in [0.29, 0.717) is 17.7 Å². The quantitative estimate of drug-likeness (QED) is 0.799. The minimum atomic E-state index is -4.81. The number of carbonyl (C=O) groups is 2. The van der Waals surface area contributed by atoms with Crippen LogP contribution in [-0.4, -0.2) is 35.3 Å². The molecule has 1 fully saturated rings. The highest BCUT2D eigenvalue weighted by atomic mass is 19.4. The van der Waals surface area contributed by atoms with Crippen molar-refractivity contribution in [2.75, 3.05) is 7.05 Å². The summed E-state index contributed by atoms with van der Waals surface area (Å²) in [7, 11) is 1.54. The molecule has 2 atom stereocenters. The molecule has 6 nitrogen and oxygen atoms in total. The van der Waals surface area contributed by atoms with Crippen LogP contribution in [0.2, 0.25) is 0 Å². The average molecular weight is 397 g/mol. The summed E-state index contributed by atoms with van der Waals surface area (Å²) in [6.07, 6.45) is -4.39. The van der Waals surface area contributed by atoms with E-state index in [1.54, 1.807) is 6.07 Å². The van der Waals surface area contributed by atoms with Crippen molar-refractivity contribution in [3.63, 3.8) is 0 Å². The molecule has 2 aromatic rings. The fourth-order valence-corrected chi connectivity index (χ4v) is 3.24. The van der Waals surface area contributed by atoms with E-state index < -0.39 is 18.2 Å². The van der Waals surface area contributed by atoms with Gasteiger partial charge < -0.3 is 19.2 Å². The van der Waals surface area contributed by atoms with Crippen molar-refractivity contribution in [3.8, 4) is 5.75 Å². The van der Waals surface area contributed by atoms with Gasteiger partial charge in [-0.15, -0.1) is 13.2 Å². The Bertz CT molecular complexity index is 905. The number of carboxylic acids is 1. The van der Waals surface area contributed by atoms with Crippen molar-refractivity contribution in [2.24, 2.45) is 5.92 Å². The lowest BCUT2D eigenvalue weighted by molar-refractivity contribution is -0.274. The summed E-state index contributed by atoms with van der Waals surface area (Å²) in [5, 5.41) is 9.06. The Morgan fingerprint density at radius 1 is 1.32 bits per heavy atom. The predicted molar refractivity (Wildman–Crippen MR) is 90.9 cm³/mol. The molecule has 1 saturated carbocycles. The van der Waals surface area contributed by atoms with Gasteiger partial charge in [0.1, 0.15) is 22.8 Å². The number of hydrogen-bond donors (Lipinski definition) is 1. The van der Waals surface area contributed by atoms with Crippen molar-refractivity contribution in [1.29, 1.82) is 0 Å². The summed E-state index contributed by atoms with van der Waals surface area (Å²) in [5.41, 5.74) is 0.368. The number of carbonyl (C=O) groups excluding carboxylic acids is 1. The third-order valence-corrected chi connectivity index (χ3v) is 4.62. The third-order valence-electron chi connectivity index (χ3n) is 4.62. The summed E-state index contributed by atoms with van der Waals surface area (Å²) >= 11 is 0. The van der Waals surface area contributed by atoms with Crippen LogP contribution >= 0.6 is 0 Å². The van der Waals surface area contributed by atoms with Gasteiger partial charge in [-0.05, 0) is 37.0 Å². The molecule has 0 radical (unpaired) electrons. The van der Waals surface area contributed by atoms with Crippen LogP contribution in [0.15, 0.2) is 34.7 Å². The number of ether oxygens (including phenoxy) is 1. The van der Waals surface area contributed by atoms with E-state index in [1.807, 2.05) is 0 Å². The highest BCUT2D eigenvalue weighted by Crippen LogP contribution is 2.51. The molecule has 0 bridgehead atoms. The number of aromatic carboxylic acids is 1. The van der Waals surface area contributed by atoms with E-state index in [2.05, 4.69) is 4.74 Å². The first-order chi connectivity index (χ1) is 13.1. The summed E-state index contributed by atoms with van der Waals surface area (Å²) in [4.78, 5) is 25.1. The molecular weight excluding hydrogens is 379 g/mol. The molecule has 1 aromatic carbocycles. The van der Waals surface area contributed by atoms with Gasteiger partial charge in [-0.2, -0.15) is 0 Å². The Balaban J connectivity index is 1.67. The Hall–Kier alpha value is -2.97. The van der Waals surface area contributed by atoms with Gasteiger partial charge in [0.15, 0.2) is 0 Å². The molecule has 3 rings (SSSR count). The molecule has 0 spiro atoms. The number of carboxylic acid groups (broad SMARTS) is 1. The zero-order valence-corrected chi connectivity index (χ0v) is 15.1. The van der Waals surface area contributed by atoms with E-state index in [1.165, 1.54) is 43.1 Å². The maximum Gasteiger partial charge on any atom is 0.573 e. The van der Waals surface area contributed by atoms with Crippen molar-refractivity contribution < 1.29 is 37.0 Å². The second-order valence-electron chi connectivity index (χ2n) is 6.72. The Morgan fingerprint density at radius 3 is 2.61 bits per heavy atom. The SMILES string of the molecule is Cc1oc(CN(C)C(=O)[C@H]2C[C@H]2c2ccccc2OC(F)(F)F)cc1C(=O)O. The predicted octanol–water partition coefficient (Wildman–Crippen LogP) is 3.95. The van der Waals surface area contributed by atoms with Crippen LogP contribution in [-0.2, 0) is 11.3 Å². The second kappa shape index (κ2) is 7.21. The second-order valence-corrected chi connectivity index (χ2v) is 6.72. The van der Waals surface area contributed by atoms with Gasteiger partial charge in [0, 0.05) is 13.0 Å². The molecule has 1 aromatic heterocycles. The largest absolute Gasteiger partial charge is 0.573 e. The van der Waals surface area contributed by atoms with Crippen LogP contribution in [0.25, 0.3) is 0 Å².